The van der Waals surface area contributed by atoms with E-state index >= 15 is 0 Å². The summed E-state index contributed by atoms with van der Waals surface area (Å²) in [5.74, 6) is 0.307. The van der Waals surface area contributed by atoms with E-state index in [1.165, 1.54) is 0 Å². The number of allylic oxidation sites excluding steroid dienone is 1. The molecule has 0 spiro atoms. The van der Waals surface area contributed by atoms with Crippen LogP contribution in [0.15, 0.2) is 41.8 Å². The molecule has 0 amide bonds. The van der Waals surface area contributed by atoms with Crippen molar-refractivity contribution in [2.75, 3.05) is 7.11 Å². The van der Waals surface area contributed by atoms with Gasteiger partial charge >= 0.3 is 0 Å². The van der Waals surface area contributed by atoms with Crippen LogP contribution in [0.1, 0.15) is 41.1 Å². The van der Waals surface area contributed by atoms with Crippen molar-refractivity contribution in [3.05, 3.63) is 69.0 Å². The lowest BCUT2D eigenvalue weighted by atomic mass is 9.61. The molecule has 0 saturated carbocycles. The number of aromatic amines is 1. The highest BCUT2D eigenvalue weighted by Crippen LogP contribution is 2.53. The first-order valence-corrected chi connectivity index (χ1v) is 11.0. The summed E-state index contributed by atoms with van der Waals surface area (Å²) in [4.78, 5) is 2.10. The lowest BCUT2D eigenvalue weighted by Crippen LogP contribution is -2.41. The second kappa shape index (κ2) is 8.16. The monoisotopic (exact) mass is 445 g/mol. The second-order valence-corrected chi connectivity index (χ2v) is 9.22. The Balaban J connectivity index is 2.04. The molecule has 1 atom stereocenters. The van der Waals surface area contributed by atoms with E-state index in [0.29, 0.717) is 23.6 Å². The van der Waals surface area contributed by atoms with Gasteiger partial charge in [0.05, 0.1) is 29.2 Å². The third-order valence-electron chi connectivity index (χ3n) is 5.88. The number of benzene rings is 1. The van der Waals surface area contributed by atoms with Crippen molar-refractivity contribution in [3.63, 3.8) is 0 Å². The minimum atomic E-state index is -0.919. The number of fused-ring (bicyclic) bond motifs is 1. The predicted molar refractivity (Wildman–Crippen MR) is 122 cm³/mol. The maximum Gasteiger partial charge on any atom is 0.244 e. The van der Waals surface area contributed by atoms with Gasteiger partial charge in [0.15, 0.2) is 0 Å². The van der Waals surface area contributed by atoms with Crippen LogP contribution in [0.3, 0.4) is 0 Å². The third-order valence-corrected chi connectivity index (χ3v) is 6.99. The van der Waals surface area contributed by atoms with Crippen LogP contribution in [0, 0.1) is 35.5 Å². The number of hydrogen-bond donors (Lipinski definition) is 2. The molecule has 0 aliphatic carbocycles. The standard InChI is InChI=1S/C24H23N5O2S/c1-13(2)24(19(11-26)22(27)31-23-21(24)14(3)28-29-23)17-8-15(10-25)7-16(9-17)20-6-5-18(32-20)12-30-4/h5-9,13H,12,27H2,1-4H3,(H,28,29)/t24-/m0/s1. The van der Waals surface area contributed by atoms with Gasteiger partial charge in [0.2, 0.25) is 11.8 Å². The first kappa shape index (κ1) is 21.6. The average Bonchev–Trinajstić information content (AvgIpc) is 3.39. The van der Waals surface area contributed by atoms with E-state index in [2.05, 4.69) is 22.3 Å². The van der Waals surface area contributed by atoms with E-state index in [1.807, 2.05) is 51.1 Å². The quantitative estimate of drug-likeness (QED) is 0.597. The molecule has 4 rings (SSSR count). The number of aryl methyl sites for hydroxylation is 1. The number of hydrogen-bond acceptors (Lipinski definition) is 7. The van der Waals surface area contributed by atoms with Gasteiger partial charge in [-0.2, -0.15) is 10.5 Å². The van der Waals surface area contributed by atoms with E-state index < -0.39 is 5.41 Å². The maximum atomic E-state index is 10.2. The molecule has 8 heteroatoms. The largest absolute Gasteiger partial charge is 0.420 e. The number of nitrogens with one attached hydrogen (secondary N) is 1. The summed E-state index contributed by atoms with van der Waals surface area (Å²) in [5.41, 5.74) is 9.39. The van der Waals surface area contributed by atoms with Gasteiger partial charge in [-0.15, -0.1) is 16.4 Å². The van der Waals surface area contributed by atoms with Crippen LogP contribution in [0.4, 0.5) is 0 Å². The number of thiophene rings is 1. The molecule has 162 valence electrons. The fourth-order valence-corrected chi connectivity index (χ4v) is 5.54. The number of methoxy groups -OCH3 is 1. The second-order valence-electron chi connectivity index (χ2n) is 8.05. The summed E-state index contributed by atoms with van der Waals surface area (Å²) in [5, 5.41) is 27.2. The van der Waals surface area contributed by atoms with Gasteiger partial charge < -0.3 is 15.2 Å². The highest BCUT2D eigenvalue weighted by molar-refractivity contribution is 7.15. The number of H-pyrrole nitrogens is 1. The van der Waals surface area contributed by atoms with Gasteiger partial charge in [-0.25, -0.2) is 0 Å². The van der Waals surface area contributed by atoms with Crippen LogP contribution in [-0.2, 0) is 16.8 Å². The smallest absolute Gasteiger partial charge is 0.244 e. The van der Waals surface area contributed by atoms with Gasteiger partial charge in [-0.1, -0.05) is 13.8 Å². The Morgan fingerprint density at radius 1 is 1.25 bits per heavy atom. The lowest BCUT2D eigenvalue weighted by Gasteiger charge is -2.41. The molecule has 32 heavy (non-hydrogen) atoms. The molecule has 3 heterocycles. The zero-order valence-electron chi connectivity index (χ0n) is 18.3. The summed E-state index contributed by atoms with van der Waals surface area (Å²) in [6.45, 7) is 6.49. The van der Waals surface area contributed by atoms with Crippen molar-refractivity contribution in [2.24, 2.45) is 11.7 Å². The van der Waals surface area contributed by atoms with Crippen LogP contribution >= 0.6 is 11.3 Å². The summed E-state index contributed by atoms with van der Waals surface area (Å²) in [6, 6.07) is 14.3. The van der Waals surface area contributed by atoms with Crippen molar-refractivity contribution in [1.29, 1.82) is 10.5 Å². The molecule has 0 bridgehead atoms. The molecule has 7 nitrogen and oxygen atoms in total. The zero-order valence-corrected chi connectivity index (χ0v) is 19.1. The highest BCUT2D eigenvalue weighted by atomic mass is 32.1. The van der Waals surface area contributed by atoms with Gasteiger partial charge in [-0.05, 0) is 54.3 Å². The van der Waals surface area contributed by atoms with Gasteiger partial charge in [0.1, 0.15) is 11.6 Å². The van der Waals surface area contributed by atoms with Crippen LogP contribution in [-0.4, -0.2) is 17.3 Å². The molecule has 0 saturated heterocycles. The van der Waals surface area contributed by atoms with Crippen molar-refractivity contribution < 1.29 is 9.47 Å². The molecule has 1 aliphatic rings. The normalized spacial score (nSPS) is 17.6. The van der Waals surface area contributed by atoms with Crippen LogP contribution in [0.5, 0.6) is 5.88 Å². The van der Waals surface area contributed by atoms with Crippen molar-refractivity contribution >= 4 is 11.3 Å². The summed E-state index contributed by atoms with van der Waals surface area (Å²) < 4.78 is 11.0. The lowest BCUT2D eigenvalue weighted by molar-refractivity contribution is 0.187. The van der Waals surface area contributed by atoms with E-state index in [9.17, 15) is 10.5 Å². The number of nitriles is 2. The van der Waals surface area contributed by atoms with Gasteiger partial charge in [0.25, 0.3) is 0 Å². The fraction of sp³-hybridized carbons (Fsp3) is 0.292. The highest BCUT2D eigenvalue weighted by Gasteiger charge is 2.50. The molecule has 0 unspecified atom stereocenters. The topological polar surface area (TPSA) is 121 Å². The van der Waals surface area contributed by atoms with Crippen molar-refractivity contribution in [3.8, 4) is 28.5 Å². The minimum absolute atomic E-state index is 0.0302. The summed E-state index contributed by atoms with van der Waals surface area (Å²) in [6.07, 6.45) is 0. The third kappa shape index (κ3) is 3.16. The van der Waals surface area contributed by atoms with Gasteiger partial charge in [0, 0.05) is 22.6 Å². The average molecular weight is 446 g/mol. The Kier molecular flexibility index (Phi) is 5.52. The molecular weight excluding hydrogens is 422 g/mol. The number of rotatable bonds is 5. The molecule has 3 aromatic rings. The number of aromatic nitrogens is 2. The molecule has 0 fully saturated rings. The molecule has 1 aliphatic heterocycles. The van der Waals surface area contributed by atoms with Crippen molar-refractivity contribution in [1.82, 2.24) is 10.2 Å². The SMILES string of the molecule is COCc1ccc(-c2cc(C#N)cc([C@@]3(C(C)C)C(C#N)=C(N)Oc4n[nH]c(C)c43)c2)s1. The maximum absolute atomic E-state index is 10.2. The predicted octanol–water partition coefficient (Wildman–Crippen LogP) is 4.49. The summed E-state index contributed by atoms with van der Waals surface area (Å²) >= 11 is 1.61. The summed E-state index contributed by atoms with van der Waals surface area (Å²) in [7, 11) is 1.66. The minimum Gasteiger partial charge on any atom is -0.420 e. The number of nitrogens with two attached hydrogens (primary N) is 1. The van der Waals surface area contributed by atoms with E-state index in [0.717, 1.165) is 32.1 Å². The Morgan fingerprint density at radius 2 is 2.03 bits per heavy atom. The Labute approximate surface area is 190 Å². The molecule has 0 radical (unpaired) electrons. The van der Waals surface area contributed by atoms with Crippen LogP contribution in [0.2, 0.25) is 0 Å². The first-order valence-electron chi connectivity index (χ1n) is 10.1. The van der Waals surface area contributed by atoms with E-state index in [1.54, 1.807) is 18.4 Å². The van der Waals surface area contributed by atoms with E-state index in [-0.39, 0.29) is 11.8 Å². The van der Waals surface area contributed by atoms with E-state index in [4.69, 9.17) is 15.2 Å². The Bertz CT molecular complexity index is 1300. The molecule has 1 aromatic carbocycles. The fourth-order valence-electron chi connectivity index (χ4n) is 4.58. The molecular formula is C24H23N5O2S. The Hall–Kier alpha value is -3.59. The van der Waals surface area contributed by atoms with Crippen LogP contribution in [0.25, 0.3) is 10.4 Å². The molecule has 2 aromatic heterocycles. The number of nitrogens with zero attached hydrogens (tertiary/aromatic N) is 3. The van der Waals surface area contributed by atoms with Crippen molar-refractivity contribution in [2.45, 2.75) is 32.8 Å². The first-order chi connectivity index (χ1) is 15.4. The number of ether oxygens (including phenoxy) is 2. The zero-order chi connectivity index (χ0) is 23.0. The Morgan fingerprint density at radius 3 is 2.69 bits per heavy atom. The van der Waals surface area contributed by atoms with Gasteiger partial charge in [-0.3, -0.25) is 5.10 Å². The molecule has 3 N–H and O–H groups in total. The van der Waals surface area contributed by atoms with Crippen LogP contribution < -0.4 is 10.5 Å².